The van der Waals surface area contributed by atoms with Crippen LogP contribution in [0.15, 0.2) is 42.1 Å². The minimum atomic E-state index is -3.05. The topological polar surface area (TPSA) is 111 Å². The number of hydrogen-bond acceptors (Lipinski definition) is 7. The van der Waals surface area contributed by atoms with Gasteiger partial charge in [0.25, 0.3) is 0 Å². The van der Waals surface area contributed by atoms with Gasteiger partial charge in [0, 0.05) is 23.7 Å². The van der Waals surface area contributed by atoms with E-state index in [1.807, 2.05) is 4.57 Å². The van der Waals surface area contributed by atoms with Crippen LogP contribution in [0.1, 0.15) is 42.4 Å². The molecule has 2 aromatic rings. The van der Waals surface area contributed by atoms with Gasteiger partial charge in [-0.3, -0.25) is 9.59 Å². The summed E-state index contributed by atoms with van der Waals surface area (Å²) in [5, 5.41) is 11.3. The van der Waals surface area contributed by atoms with E-state index in [1.165, 1.54) is 18.7 Å². The third-order valence-electron chi connectivity index (χ3n) is 4.84. The molecule has 1 N–H and O–H groups in total. The summed E-state index contributed by atoms with van der Waals surface area (Å²) >= 11 is 1.24. The number of benzene rings is 1. The van der Waals surface area contributed by atoms with E-state index in [4.69, 9.17) is 0 Å². The first kappa shape index (κ1) is 22.2. The van der Waals surface area contributed by atoms with Crippen molar-refractivity contribution in [3.8, 4) is 0 Å². The van der Waals surface area contributed by atoms with Crippen molar-refractivity contribution in [2.45, 2.75) is 43.1 Å². The normalized spacial score (nSPS) is 18.7. The van der Waals surface area contributed by atoms with Crippen LogP contribution in [0.3, 0.4) is 0 Å². The van der Waals surface area contributed by atoms with Crippen LogP contribution in [-0.4, -0.2) is 51.6 Å². The number of nitrogens with one attached hydrogen (secondary N) is 1. The molecule has 1 amide bonds. The highest BCUT2D eigenvalue weighted by molar-refractivity contribution is 8.00. The molecule has 1 aliphatic heterocycles. The summed E-state index contributed by atoms with van der Waals surface area (Å²) in [5.41, 5.74) is 1.07. The number of nitrogens with zero attached hydrogens (tertiary/aromatic N) is 3. The largest absolute Gasteiger partial charge is 0.325 e. The van der Waals surface area contributed by atoms with Crippen LogP contribution >= 0.6 is 11.8 Å². The maximum Gasteiger partial charge on any atom is 0.237 e. The first-order chi connectivity index (χ1) is 14.2. The molecule has 160 valence electrons. The Hall–Kier alpha value is -2.46. The van der Waals surface area contributed by atoms with E-state index in [0.29, 0.717) is 35.2 Å². The van der Waals surface area contributed by atoms with E-state index in [1.54, 1.807) is 37.3 Å². The Balaban J connectivity index is 1.73. The van der Waals surface area contributed by atoms with Crippen LogP contribution in [0.25, 0.3) is 0 Å². The fourth-order valence-corrected chi connectivity index (χ4v) is 5.86. The number of amides is 1. The Kier molecular flexibility index (Phi) is 6.77. The van der Waals surface area contributed by atoms with Crippen molar-refractivity contribution >= 4 is 39.0 Å². The van der Waals surface area contributed by atoms with E-state index in [0.717, 1.165) is 0 Å². The number of hydrogen-bond donors (Lipinski definition) is 1. The first-order valence-electron chi connectivity index (χ1n) is 9.53. The number of carbonyl (C=O) groups is 2. The van der Waals surface area contributed by atoms with E-state index >= 15 is 0 Å². The van der Waals surface area contributed by atoms with Crippen LogP contribution in [-0.2, 0) is 21.2 Å². The molecule has 0 bridgehead atoms. The van der Waals surface area contributed by atoms with Gasteiger partial charge in [0.1, 0.15) is 5.82 Å². The van der Waals surface area contributed by atoms with Crippen LogP contribution in [0.4, 0.5) is 5.69 Å². The SMILES string of the molecule is C=CCn1c(SC(C)C(=O)Nc2cccc(C(C)=O)c2)nnc1C1CCS(=O)(=O)C1. The second-order valence-corrected chi connectivity index (χ2v) is 10.8. The summed E-state index contributed by atoms with van der Waals surface area (Å²) in [6, 6.07) is 6.77. The predicted octanol–water partition coefficient (Wildman–Crippen LogP) is 2.69. The molecule has 0 saturated carbocycles. The molecule has 1 aromatic carbocycles. The number of sulfone groups is 1. The molecule has 1 fully saturated rings. The van der Waals surface area contributed by atoms with Gasteiger partial charge in [-0.1, -0.05) is 30.0 Å². The molecule has 10 heteroatoms. The standard InChI is InChI=1S/C20H24N4O4S2/c1-4-9-24-18(16-8-10-30(27,28)12-16)22-23-20(24)29-14(3)19(26)21-17-7-5-6-15(11-17)13(2)25/h4-7,11,14,16H,1,8-10,12H2,2-3H3,(H,21,26). The van der Waals surface area contributed by atoms with Crippen molar-refractivity contribution in [2.24, 2.45) is 0 Å². The van der Waals surface area contributed by atoms with Crippen molar-refractivity contribution in [1.82, 2.24) is 14.8 Å². The molecule has 0 aliphatic carbocycles. The summed E-state index contributed by atoms with van der Waals surface area (Å²) in [6.45, 7) is 7.40. The van der Waals surface area contributed by atoms with Crippen molar-refractivity contribution < 1.29 is 18.0 Å². The van der Waals surface area contributed by atoms with Gasteiger partial charge in [-0.05, 0) is 32.4 Å². The maximum atomic E-state index is 12.6. The molecule has 8 nitrogen and oxygen atoms in total. The highest BCUT2D eigenvalue weighted by Gasteiger charge is 2.33. The minimum absolute atomic E-state index is 0.0650. The van der Waals surface area contributed by atoms with Crippen LogP contribution in [0, 0.1) is 0 Å². The van der Waals surface area contributed by atoms with Gasteiger partial charge in [0.2, 0.25) is 5.91 Å². The third-order valence-corrected chi connectivity index (χ3v) is 7.69. The molecule has 2 atom stereocenters. The molecule has 2 unspecified atom stereocenters. The highest BCUT2D eigenvalue weighted by Crippen LogP contribution is 2.31. The van der Waals surface area contributed by atoms with Crippen LogP contribution in [0.5, 0.6) is 0 Å². The minimum Gasteiger partial charge on any atom is -0.325 e. The van der Waals surface area contributed by atoms with Gasteiger partial charge in [0.05, 0.1) is 16.8 Å². The highest BCUT2D eigenvalue weighted by atomic mass is 32.2. The Morgan fingerprint density at radius 3 is 2.80 bits per heavy atom. The molecule has 3 rings (SSSR count). The number of ketones is 1. The lowest BCUT2D eigenvalue weighted by Gasteiger charge is -2.14. The summed E-state index contributed by atoms with van der Waals surface area (Å²) < 4.78 is 25.5. The number of carbonyl (C=O) groups excluding carboxylic acids is 2. The Morgan fingerprint density at radius 1 is 1.40 bits per heavy atom. The quantitative estimate of drug-likeness (QED) is 0.375. The summed E-state index contributed by atoms with van der Waals surface area (Å²) in [5.74, 6) is 0.316. The van der Waals surface area contributed by atoms with Gasteiger partial charge in [-0.2, -0.15) is 0 Å². The molecule has 0 spiro atoms. The van der Waals surface area contributed by atoms with Crippen molar-refractivity contribution in [3.05, 3.63) is 48.3 Å². The fraction of sp³-hybridized carbons (Fsp3) is 0.400. The van der Waals surface area contributed by atoms with Gasteiger partial charge in [0.15, 0.2) is 20.8 Å². The van der Waals surface area contributed by atoms with Gasteiger partial charge in [-0.15, -0.1) is 16.8 Å². The summed E-state index contributed by atoms with van der Waals surface area (Å²) in [6.07, 6.45) is 2.21. The van der Waals surface area contributed by atoms with Crippen LogP contribution < -0.4 is 5.32 Å². The average molecular weight is 449 g/mol. The zero-order valence-corrected chi connectivity index (χ0v) is 18.5. The van der Waals surface area contributed by atoms with Gasteiger partial charge >= 0.3 is 0 Å². The van der Waals surface area contributed by atoms with Gasteiger partial charge < -0.3 is 9.88 Å². The maximum absolute atomic E-state index is 12.6. The zero-order chi connectivity index (χ0) is 21.9. The zero-order valence-electron chi connectivity index (χ0n) is 16.9. The first-order valence-corrected chi connectivity index (χ1v) is 12.2. The van der Waals surface area contributed by atoms with Crippen molar-refractivity contribution in [3.63, 3.8) is 0 Å². The lowest BCUT2D eigenvalue weighted by atomic mass is 10.1. The number of aromatic nitrogens is 3. The number of allylic oxidation sites excluding steroid dienone is 1. The molecule has 2 heterocycles. The van der Waals surface area contributed by atoms with Gasteiger partial charge in [-0.25, -0.2) is 8.42 Å². The molecular formula is C20H24N4O4S2. The number of Topliss-reactive ketones (excluding diaryl/α,β-unsaturated/α-hetero) is 1. The predicted molar refractivity (Wildman–Crippen MR) is 117 cm³/mol. The molecule has 1 saturated heterocycles. The molecule has 1 aliphatic rings. The lowest BCUT2D eigenvalue weighted by Crippen LogP contribution is -2.23. The summed E-state index contributed by atoms with van der Waals surface area (Å²) in [4.78, 5) is 24.2. The number of anilines is 1. The monoisotopic (exact) mass is 448 g/mol. The molecule has 0 radical (unpaired) electrons. The van der Waals surface area contributed by atoms with Crippen LogP contribution in [0.2, 0.25) is 0 Å². The molecule has 30 heavy (non-hydrogen) atoms. The fourth-order valence-electron chi connectivity index (χ4n) is 3.26. The Morgan fingerprint density at radius 2 is 2.17 bits per heavy atom. The van der Waals surface area contributed by atoms with Crippen molar-refractivity contribution in [2.75, 3.05) is 16.8 Å². The van der Waals surface area contributed by atoms with E-state index in [9.17, 15) is 18.0 Å². The second-order valence-electron chi connectivity index (χ2n) is 7.23. The molecular weight excluding hydrogens is 424 g/mol. The average Bonchev–Trinajstić information content (AvgIpc) is 3.25. The Bertz CT molecular complexity index is 1080. The number of rotatable bonds is 8. The van der Waals surface area contributed by atoms with E-state index in [-0.39, 0.29) is 29.1 Å². The molecule has 1 aromatic heterocycles. The lowest BCUT2D eigenvalue weighted by molar-refractivity contribution is -0.115. The second kappa shape index (κ2) is 9.13. The van der Waals surface area contributed by atoms with E-state index in [2.05, 4.69) is 22.1 Å². The smallest absolute Gasteiger partial charge is 0.237 e. The Labute approximate surface area is 180 Å². The number of thioether (sulfide) groups is 1. The van der Waals surface area contributed by atoms with Crippen molar-refractivity contribution in [1.29, 1.82) is 0 Å². The van der Waals surface area contributed by atoms with E-state index < -0.39 is 15.1 Å². The summed E-state index contributed by atoms with van der Waals surface area (Å²) in [7, 11) is -3.05. The third kappa shape index (κ3) is 5.17.